The zero-order valence-electron chi connectivity index (χ0n) is 7.95. The van der Waals surface area contributed by atoms with Gasteiger partial charge in [-0.3, -0.25) is 0 Å². The second kappa shape index (κ2) is 7.80. The van der Waals surface area contributed by atoms with Crippen LogP contribution in [0.4, 0.5) is 0 Å². The van der Waals surface area contributed by atoms with Crippen molar-refractivity contribution in [2.75, 3.05) is 13.6 Å². The topological polar surface area (TPSA) is 12.0 Å². The third-order valence-corrected chi connectivity index (χ3v) is 1.84. The third-order valence-electron chi connectivity index (χ3n) is 1.84. The minimum atomic E-state index is 1.12. The molecule has 1 N–H and O–H groups in total. The molecule has 0 fully saturated rings. The Morgan fingerprint density at radius 1 is 1.27 bits per heavy atom. The van der Waals surface area contributed by atoms with E-state index in [1.165, 1.54) is 37.7 Å². The molecule has 0 heterocycles. The van der Waals surface area contributed by atoms with Crippen LogP contribution < -0.4 is 5.32 Å². The van der Waals surface area contributed by atoms with E-state index in [1.54, 1.807) is 0 Å². The molecule has 0 aliphatic rings. The average Bonchev–Trinajstić information content (AvgIpc) is 2.01. The fourth-order valence-corrected chi connectivity index (χ4v) is 1.07. The Hall–Kier alpha value is -0.300. The van der Waals surface area contributed by atoms with Gasteiger partial charge in [-0.15, -0.1) is 0 Å². The largest absolute Gasteiger partial charge is 0.320 e. The van der Waals surface area contributed by atoms with E-state index in [4.69, 9.17) is 0 Å². The van der Waals surface area contributed by atoms with Crippen LogP contribution in [0.3, 0.4) is 0 Å². The first-order valence-corrected chi connectivity index (χ1v) is 4.62. The third kappa shape index (κ3) is 7.60. The van der Waals surface area contributed by atoms with Gasteiger partial charge in [-0.1, -0.05) is 25.5 Å². The van der Waals surface area contributed by atoms with E-state index < -0.39 is 0 Å². The highest BCUT2D eigenvalue weighted by Crippen LogP contribution is 2.10. The molecule has 0 aromatic heterocycles. The first-order valence-electron chi connectivity index (χ1n) is 4.62. The molecule has 0 aliphatic heterocycles. The molecule has 1 nitrogen and oxygen atoms in total. The van der Waals surface area contributed by atoms with Crippen molar-refractivity contribution in [1.82, 2.24) is 5.32 Å². The molecule has 0 saturated carbocycles. The zero-order valence-corrected chi connectivity index (χ0v) is 7.95. The molecule has 66 valence electrons. The molecule has 0 aromatic carbocycles. The lowest BCUT2D eigenvalue weighted by Gasteiger charge is -2.03. The Kier molecular flexibility index (Phi) is 7.59. The van der Waals surface area contributed by atoms with Crippen molar-refractivity contribution in [2.24, 2.45) is 0 Å². The summed E-state index contributed by atoms with van der Waals surface area (Å²) in [5.41, 5.74) is 1.42. The fourth-order valence-electron chi connectivity index (χ4n) is 1.07. The van der Waals surface area contributed by atoms with E-state index in [0.717, 1.165) is 6.54 Å². The predicted molar refractivity (Wildman–Crippen MR) is 51.8 cm³/mol. The SMILES string of the molecule is C=C(CCCC)CCCNC. The van der Waals surface area contributed by atoms with E-state index in [9.17, 15) is 0 Å². The Balaban J connectivity index is 3.09. The minimum Gasteiger partial charge on any atom is -0.320 e. The van der Waals surface area contributed by atoms with Gasteiger partial charge in [0.25, 0.3) is 0 Å². The summed E-state index contributed by atoms with van der Waals surface area (Å²) < 4.78 is 0. The van der Waals surface area contributed by atoms with Crippen molar-refractivity contribution in [2.45, 2.75) is 39.0 Å². The fraction of sp³-hybridized carbons (Fsp3) is 0.800. The summed E-state index contributed by atoms with van der Waals surface area (Å²) in [7, 11) is 1.99. The van der Waals surface area contributed by atoms with Crippen LogP contribution in [0, 0.1) is 0 Å². The Morgan fingerprint density at radius 3 is 2.45 bits per heavy atom. The van der Waals surface area contributed by atoms with Crippen LogP contribution in [-0.4, -0.2) is 13.6 Å². The lowest BCUT2D eigenvalue weighted by Crippen LogP contribution is -2.07. The van der Waals surface area contributed by atoms with Gasteiger partial charge in [0.15, 0.2) is 0 Å². The maximum atomic E-state index is 4.04. The van der Waals surface area contributed by atoms with Crippen LogP contribution in [0.15, 0.2) is 12.2 Å². The highest BCUT2D eigenvalue weighted by Gasteiger charge is 1.92. The number of hydrogen-bond donors (Lipinski definition) is 1. The second-order valence-corrected chi connectivity index (χ2v) is 3.06. The van der Waals surface area contributed by atoms with Crippen LogP contribution in [-0.2, 0) is 0 Å². The molecule has 0 rings (SSSR count). The van der Waals surface area contributed by atoms with Gasteiger partial charge in [0, 0.05) is 0 Å². The molecule has 0 bridgehead atoms. The summed E-state index contributed by atoms with van der Waals surface area (Å²) in [4.78, 5) is 0. The van der Waals surface area contributed by atoms with Crippen molar-refractivity contribution in [3.05, 3.63) is 12.2 Å². The summed E-state index contributed by atoms with van der Waals surface area (Å²) >= 11 is 0. The normalized spacial score (nSPS) is 10.0. The van der Waals surface area contributed by atoms with Crippen molar-refractivity contribution < 1.29 is 0 Å². The Labute approximate surface area is 70.9 Å². The smallest absolute Gasteiger partial charge is 0.00489 e. The van der Waals surface area contributed by atoms with E-state index in [-0.39, 0.29) is 0 Å². The van der Waals surface area contributed by atoms with Crippen LogP contribution in [0.25, 0.3) is 0 Å². The number of rotatable bonds is 7. The van der Waals surface area contributed by atoms with Crippen LogP contribution >= 0.6 is 0 Å². The van der Waals surface area contributed by atoms with Gasteiger partial charge in [0.2, 0.25) is 0 Å². The molecule has 0 atom stereocenters. The van der Waals surface area contributed by atoms with Gasteiger partial charge < -0.3 is 5.32 Å². The average molecular weight is 155 g/mol. The number of unbranched alkanes of at least 4 members (excludes halogenated alkanes) is 1. The molecule has 0 radical (unpaired) electrons. The minimum absolute atomic E-state index is 1.12. The summed E-state index contributed by atoms with van der Waals surface area (Å²) in [6, 6.07) is 0. The lowest BCUT2D eigenvalue weighted by molar-refractivity contribution is 0.687. The van der Waals surface area contributed by atoms with Crippen molar-refractivity contribution >= 4 is 0 Å². The number of allylic oxidation sites excluding steroid dienone is 1. The first-order chi connectivity index (χ1) is 5.31. The number of hydrogen-bond acceptors (Lipinski definition) is 1. The van der Waals surface area contributed by atoms with Gasteiger partial charge >= 0.3 is 0 Å². The molecule has 0 spiro atoms. The van der Waals surface area contributed by atoms with Gasteiger partial charge in [0.1, 0.15) is 0 Å². The standard InChI is InChI=1S/C10H21N/c1-4-5-7-10(2)8-6-9-11-3/h11H,2,4-9H2,1,3H3. The summed E-state index contributed by atoms with van der Waals surface area (Å²) in [5, 5.41) is 3.14. The number of nitrogens with one attached hydrogen (secondary N) is 1. The predicted octanol–water partition coefficient (Wildman–Crippen LogP) is 2.73. The molecular formula is C10H21N. The highest BCUT2D eigenvalue weighted by atomic mass is 14.8. The van der Waals surface area contributed by atoms with Gasteiger partial charge in [0.05, 0.1) is 0 Å². The highest BCUT2D eigenvalue weighted by molar-refractivity contribution is 4.93. The molecule has 0 saturated heterocycles. The maximum Gasteiger partial charge on any atom is -0.00489 e. The van der Waals surface area contributed by atoms with Crippen molar-refractivity contribution in [3.63, 3.8) is 0 Å². The molecule has 0 aromatic rings. The molecule has 1 heteroatoms. The monoisotopic (exact) mass is 155 g/mol. The molecule has 0 amide bonds. The zero-order chi connectivity index (χ0) is 8.53. The summed E-state index contributed by atoms with van der Waals surface area (Å²) in [6.07, 6.45) is 6.24. The Morgan fingerprint density at radius 2 is 1.91 bits per heavy atom. The Bertz CT molecular complexity index is 97.0. The van der Waals surface area contributed by atoms with Crippen molar-refractivity contribution in [3.8, 4) is 0 Å². The lowest BCUT2D eigenvalue weighted by atomic mass is 10.1. The van der Waals surface area contributed by atoms with Crippen LogP contribution in [0.1, 0.15) is 39.0 Å². The summed E-state index contributed by atoms with van der Waals surface area (Å²) in [5.74, 6) is 0. The maximum absolute atomic E-state index is 4.04. The van der Waals surface area contributed by atoms with Crippen LogP contribution in [0.5, 0.6) is 0 Å². The van der Waals surface area contributed by atoms with Gasteiger partial charge in [-0.2, -0.15) is 0 Å². The molecular weight excluding hydrogens is 134 g/mol. The van der Waals surface area contributed by atoms with E-state index in [1.807, 2.05) is 7.05 Å². The summed E-state index contributed by atoms with van der Waals surface area (Å²) in [6.45, 7) is 7.38. The van der Waals surface area contributed by atoms with Crippen LogP contribution in [0.2, 0.25) is 0 Å². The quantitative estimate of drug-likeness (QED) is 0.440. The van der Waals surface area contributed by atoms with E-state index >= 15 is 0 Å². The van der Waals surface area contributed by atoms with Gasteiger partial charge in [-0.05, 0) is 39.3 Å². The second-order valence-electron chi connectivity index (χ2n) is 3.06. The molecule has 11 heavy (non-hydrogen) atoms. The van der Waals surface area contributed by atoms with E-state index in [0.29, 0.717) is 0 Å². The van der Waals surface area contributed by atoms with E-state index in [2.05, 4.69) is 18.8 Å². The van der Waals surface area contributed by atoms with Gasteiger partial charge in [-0.25, -0.2) is 0 Å². The molecule has 0 unspecified atom stereocenters. The first kappa shape index (κ1) is 10.7. The van der Waals surface area contributed by atoms with Crippen molar-refractivity contribution in [1.29, 1.82) is 0 Å². The molecule has 0 aliphatic carbocycles.